The van der Waals surface area contributed by atoms with Crippen LogP contribution in [0.3, 0.4) is 0 Å². The van der Waals surface area contributed by atoms with Gasteiger partial charge in [-0.15, -0.1) is 6.58 Å². The van der Waals surface area contributed by atoms with Crippen molar-refractivity contribution in [3.8, 4) is 0 Å². The van der Waals surface area contributed by atoms with Crippen molar-refractivity contribution in [1.82, 2.24) is 0 Å². The van der Waals surface area contributed by atoms with Crippen LogP contribution in [0, 0.1) is 11.8 Å². The molecule has 0 radical (unpaired) electrons. The maximum atomic E-state index is 6.18. The first kappa shape index (κ1) is 11.2. The Morgan fingerprint density at radius 1 is 1.27 bits per heavy atom. The van der Waals surface area contributed by atoms with Crippen molar-refractivity contribution in [2.75, 3.05) is 6.61 Å². The third-order valence-electron chi connectivity index (χ3n) is 4.11. The molecule has 4 atom stereocenters. The van der Waals surface area contributed by atoms with Gasteiger partial charge in [0.25, 0.3) is 0 Å². The second kappa shape index (κ2) is 5.13. The highest BCUT2D eigenvalue weighted by atomic mass is 16.5. The first-order chi connectivity index (χ1) is 7.31. The molecule has 0 heterocycles. The minimum atomic E-state index is 0.462. The molecule has 0 amide bonds. The van der Waals surface area contributed by atoms with Gasteiger partial charge in [0.05, 0.1) is 12.7 Å². The molecule has 0 aliphatic heterocycles. The van der Waals surface area contributed by atoms with Crippen LogP contribution in [-0.4, -0.2) is 18.8 Å². The average Bonchev–Trinajstić information content (AvgIpc) is 2.26. The Kier molecular flexibility index (Phi) is 3.81. The highest BCUT2D eigenvalue weighted by Crippen LogP contribution is 2.40. The van der Waals surface area contributed by atoms with Crippen molar-refractivity contribution in [3.63, 3.8) is 0 Å². The predicted octanol–water partition coefficient (Wildman–Crippen LogP) is 2.49. The van der Waals surface area contributed by atoms with E-state index in [0.29, 0.717) is 18.8 Å². The molecule has 2 aliphatic carbocycles. The summed E-state index contributed by atoms with van der Waals surface area (Å²) < 4.78 is 5.76. The fourth-order valence-corrected chi connectivity index (χ4v) is 3.33. The molecule has 2 saturated carbocycles. The second-order valence-corrected chi connectivity index (χ2v) is 5.08. The Hall–Kier alpha value is -0.340. The summed E-state index contributed by atoms with van der Waals surface area (Å²) in [5.41, 5.74) is 6.18. The number of fused-ring (bicyclic) bond motifs is 1. The molecule has 0 spiro atoms. The molecule has 0 aromatic carbocycles. The molecule has 2 rings (SSSR count). The van der Waals surface area contributed by atoms with Gasteiger partial charge in [0.1, 0.15) is 0 Å². The molecule has 15 heavy (non-hydrogen) atoms. The molecule has 0 saturated heterocycles. The van der Waals surface area contributed by atoms with Crippen LogP contribution < -0.4 is 5.73 Å². The number of nitrogens with two attached hydrogens (primary N) is 1. The molecule has 0 aromatic rings. The topological polar surface area (TPSA) is 35.2 Å². The first-order valence-corrected chi connectivity index (χ1v) is 6.29. The van der Waals surface area contributed by atoms with Crippen LogP contribution in [0.4, 0.5) is 0 Å². The van der Waals surface area contributed by atoms with Gasteiger partial charge in [0.15, 0.2) is 0 Å². The quantitative estimate of drug-likeness (QED) is 0.725. The Balaban J connectivity index is 1.85. The maximum Gasteiger partial charge on any atom is 0.0648 e. The molecule has 0 bridgehead atoms. The van der Waals surface area contributed by atoms with E-state index in [1.54, 1.807) is 0 Å². The van der Waals surface area contributed by atoms with E-state index in [1.165, 1.54) is 38.5 Å². The Bertz CT molecular complexity index is 217. The third kappa shape index (κ3) is 2.61. The summed E-state index contributed by atoms with van der Waals surface area (Å²) in [6.45, 7) is 4.40. The van der Waals surface area contributed by atoms with Crippen LogP contribution in [0.15, 0.2) is 12.7 Å². The first-order valence-electron chi connectivity index (χ1n) is 6.29. The number of hydrogen-bond donors (Lipinski definition) is 1. The molecule has 86 valence electrons. The lowest BCUT2D eigenvalue weighted by atomic mass is 9.68. The van der Waals surface area contributed by atoms with Gasteiger partial charge < -0.3 is 10.5 Å². The highest BCUT2D eigenvalue weighted by Gasteiger charge is 2.36. The fourth-order valence-electron chi connectivity index (χ4n) is 3.33. The van der Waals surface area contributed by atoms with E-state index in [1.807, 2.05) is 6.08 Å². The summed E-state index contributed by atoms with van der Waals surface area (Å²) >= 11 is 0. The molecule has 2 fully saturated rings. The van der Waals surface area contributed by atoms with Crippen molar-refractivity contribution < 1.29 is 4.74 Å². The van der Waals surface area contributed by atoms with Gasteiger partial charge in [0.2, 0.25) is 0 Å². The number of rotatable bonds is 3. The van der Waals surface area contributed by atoms with Crippen molar-refractivity contribution >= 4 is 0 Å². The Morgan fingerprint density at radius 3 is 2.93 bits per heavy atom. The zero-order valence-electron chi connectivity index (χ0n) is 9.53. The van der Waals surface area contributed by atoms with Crippen molar-refractivity contribution in [2.45, 2.75) is 50.7 Å². The largest absolute Gasteiger partial charge is 0.374 e. The standard InChI is InChI=1S/C13H23NO/c1-2-8-15-11-6-7-12-10(9-11)4-3-5-13(12)14/h2,10-13H,1,3-9,14H2. The van der Waals surface area contributed by atoms with E-state index < -0.39 is 0 Å². The average molecular weight is 209 g/mol. The minimum absolute atomic E-state index is 0.462. The zero-order chi connectivity index (χ0) is 10.7. The molecule has 4 unspecified atom stereocenters. The van der Waals surface area contributed by atoms with Crippen LogP contribution in [0.5, 0.6) is 0 Å². The van der Waals surface area contributed by atoms with Crippen molar-refractivity contribution in [3.05, 3.63) is 12.7 Å². The van der Waals surface area contributed by atoms with Gasteiger partial charge >= 0.3 is 0 Å². The van der Waals surface area contributed by atoms with Gasteiger partial charge in [-0.3, -0.25) is 0 Å². The summed E-state index contributed by atoms with van der Waals surface area (Å²) in [7, 11) is 0. The second-order valence-electron chi connectivity index (χ2n) is 5.08. The maximum absolute atomic E-state index is 6.18. The Labute approximate surface area is 92.9 Å². The Morgan fingerprint density at radius 2 is 2.13 bits per heavy atom. The molecule has 2 aliphatic rings. The monoisotopic (exact) mass is 209 g/mol. The van der Waals surface area contributed by atoms with Gasteiger partial charge in [0, 0.05) is 6.04 Å². The van der Waals surface area contributed by atoms with E-state index in [2.05, 4.69) is 6.58 Å². The van der Waals surface area contributed by atoms with Crippen molar-refractivity contribution in [2.24, 2.45) is 17.6 Å². The van der Waals surface area contributed by atoms with Gasteiger partial charge in [-0.2, -0.15) is 0 Å². The van der Waals surface area contributed by atoms with Crippen LogP contribution in [0.2, 0.25) is 0 Å². The van der Waals surface area contributed by atoms with E-state index in [4.69, 9.17) is 10.5 Å². The lowest BCUT2D eigenvalue weighted by molar-refractivity contribution is -0.00528. The van der Waals surface area contributed by atoms with Crippen LogP contribution in [-0.2, 0) is 4.74 Å². The molecule has 2 heteroatoms. The SMILES string of the molecule is C=CCOC1CCC2C(N)CCCC2C1. The normalized spacial score (nSPS) is 40.9. The summed E-state index contributed by atoms with van der Waals surface area (Å²) in [6.07, 6.45) is 9.93. The zero-order valence-corrected chi connectivity index (χ0v) is 9.53. The number of hydrogen-bond acceptors (Lipinski definition) is 2. The fraction of sp³-hybridized carbons (Fsp3) is 0.846. The van der Waals surface area contributed by atoms with E-state index >= 15 is 0 Å². The summed E-state index contributed by atoms with van der Waals surface area (Å²) in [4.78, 5) is 0. The van der Waals surface area contributed by atoms with Crippen LogP contribution in [0.25, 0.3) is 0 Å². The summed E-state index contributed by atoms with van der Waals surface area (Å²) in [6, 6.07) is 0.462. The van der Waals surface area contributed by atoms with Gasteiger partial charge in [-0.05, 0) is 43.9 Å². The summed E-state index contributed by atoms with van der Waals surface area (Å²) in [5.74, 6) is 1.61. The van der Waals surface area contributed by atoms with E-state index in [0.717, 1.165) is 11.8 Å². The highest BCUT2D eigenvalue weighted by molar-refractivity contribution is 4.90. The third-order valence-corrected chi connectivity index (χ3v) is 4.11. The van der Waals surface area contributed by atoms with E-state index in [9.17, 15) is 0 Å². The molecule has 0 aromatic heterocycles. The lowest BCUT2D eigenvalue weighted by Gasteiger charge is -2.42. The summed E-state index contributed by atoms with van der Waals surface area (Å²) in [5, 5.41) is 0. The minimum Gasteiger partial charge on any atom is -0.374 e. The van der Waals surface area contributed by atoms with Gasteiger partial charge in [-0.1, -0.05) is 12.5 Å². The predicted molar refractivity (Wildman–Crippen MR) is 62.6 cm³/mol. The van der Waals surface area contributed by atoms with E-state index in [-0.39, 0.29) is 0 Å². The molecule has 2 N–H and O–H groups in total. The van der Waals surface area contributed by atoms with Crippen LogP contribution >= 0.6 is 0 Å². The van der Waals surface area contributed by atoms with Crippen molar-refractivity contribution in [1.29, 1.82) is 0 Å². The molecular weight excluding hydrogens is 186 g/mol. The molecular formula is C13H23NO. The van der Waals surface area contributed by atoms with Crippen LogP contribution in [0.1, 0.15) is 38.5 Å². The number of ether oxygens (including phenoxy) is 1. The van der Waals surface area contributed by atoms with Gasteiger partial charge in [-0.25, -0.2) is 0 Å². The molecule has 2 nitrogen and oxygen atoms in total. The lowest BCUT2D eigenvalue weighted by Crippen LogP contribution is -2.43. The smallest absolute Gasteiger partial charge is 0.0648 e.